The number of aromatic nitrogens is 3. The number of nitrogens with zero attached hydrogens (tertiary/aromatic N) is 3. The van der Waals surface area contributed by atoms with Gasteiger partial charge in [0.1, 0.15) is 5.54 Å². The third-order valence-corrected chi connectivity index (χ3v) is 4.38. The summed E-state index contributed by atoms with van der Waals surface area (Å²) in [6.07, 6.45) is 2.41. The number of rotatable bonds is 7. The van der Waals surface area contributed by atoms with Crippen molar-refractivity contribution in [2.75, 3.05) is 6.54 Å². The van der Waals surface area contributed by atoms with E-state index in [-0.39, 0.29) is 5.25 Å². The lowest BCUT2D eigenvalue weighted by molar-refractivity contribution is -0.144. The SMILES string of the molecule is CCNC(C)(CC(C)Sc1nnc2ccccn12)C(=O)O. The Morgan fingerprint density at radius 2 is 2.29 bits per heavy atom. The molecule has 0 saturated heterocycles. The van der Waals surface area contributed by atoms with E-state index >= 15 is 0 Å². The summed E-state index contributed by atoms with van der Waals surface area (Å²) in [6, 6.07) is 5.72. The molecule has 0 fully saturated rings. The van der Waals surface area contributed by atoms with Crippen LogP contribution in [0.2, 0.25) is 0 Å². The third kappa shape index (κ3) is 3.54. The minimum absolute atomic E-state index is 0.0951. The zero-order chi connectivity index (χ0) is 15.5. The summed E-state index contributed by atoms with van der Waals surface area (Å²) in [5.74, 6) is -0.831. The van der Waals surface area contributed by atoms with Crippen molar-refractivity contribution in [3.05, 3.63) is 24.4 Å². The summed E-state index contributed by atoms with van der Waals surface area (Å²) in [4.78, 5) is 11.5. The number of carboxylic acids is 1. The number of carbonyl (C=O) groups is 1. The molecule has 0 aromatic carbocycles. The Hall–Kier alpha value is -1.60. The van der Waals surface area contributed by atoms with Crippen molar-refractivity contribution < 1.29 is 9.90 Å². The molecule has 0 amide bonds. The van der Waals surface area contributed by atoms with Crippen LogP contribution in [0.15, 0.2) is 29.6 Å². The van der Waals surface area contributed by atoms with E-state index in [0.717, 1.165) is 10.8 Å². The summed E-state index contributed by atoms with van der Waals surface area (Å²) in [5, 5.41) is 21.6. The number of hydrogen-bond acceptors (Lipinski definition) is 5. The van der Waals surface area contributed by atoms with Crippen LogP contribution in [0.4, 0.5) is 0 Å². The molecule has 2 N–H and O–H groups in total. The van der Waals surface area contributed by atoms with E-state index < -0.39 is 11.5 Å². The Bertz CT molecular complexity index is 630. The molecule has 6 nitrogen and oxygen atoms in total. The second-order valence-corrected chi connectivity index (χ2v) is 6.62. The van der Waals surface area contributed by atoms with Crippen LogP contribution in [0, 0.1) is 0 Å². The normalized spacial score (nSPS) is 15.8. The van der Waals surface area contributed by atoms with Gasteiger partial charge in [-0.15, -0.1) is 10.2 Å². The maximum Gasteiger partial charge on any atom is 0.323 e. The lowest BCUT2D eigenvalue weighted by Crippen LogP contribution is -2.50. The zero-order valence-electron chi connectivity index (χ0n) is 12.4. The third-order valence-electron chi connectivity index (χ3n) is 3.32. The van der Waals surface area contributed by atoms with Crippen LogP contribution in [0.3, 0.4) is 0 Å². The van der Waals surface area contributed by atoms with E-state index in [0.29, 0.717) is 13.0 Å². The maximum atomic E-state index is 11.5. The Morgan fingerprint density at radius 3 is 2.95 bits per heavy atom. The molecule has 0 aliphatic carbocycles. The van der Waals surface area contributed by atoms with Crippen LogP contribution >= 0.6 is 11.8 Å². The Labute approximate surface area is 128 Å². The van der Waals surface area contributed by atoms with E-state index in [2.05, 4.69) is 15.5 Å². The molecule has 2 unspecified atom stereocenters. The molecule has 2 heterocycles. The first-order valence-electron chi connectivity index (χ1n) is 6.91. The van der Waals surface area contributed by atoms with Crippen molar-refractivity contribution in [1.82, 2.24) is 19.9 Å². The monoisotopic (exact) mass is 308 g/mol. The fourth-order valence-corrected chi connectivity index (χ4v) is 3.45. The highest BCUT2D eigenvalue weighted by atomic mass is 32.2. The van der Waals surface area contributed by atoms with Gasteiger partial charge in [-0.25, -0.2) is 0 Å². The van der Waals surface area contributed by atoms with Gasteiger partial charge in [0.25, 0.3) is 0 Å². The number of fused-ring (bicyclic) bond motifs is 1. The molecule has 0 aliphatic heterocycles. The van der Waals surface area contributed by atoms with Crippen LogP contribution in [0.1, 0.15) is 27.2 Å². The summed E-state index contributed by atoms with van der Waals surface area (Å²) in [7, 11) is 0. The molecular weight excluding hydrogens is 288 g/mol. The first-order valence-corrected chi connectivity index (χ1v) is 7.79. The molecule has 0 saturated carbocycles. The van der Waals surface area contributed by atoms with Crippen molar-refractivity contribution >= 4 is 23.4 Å². The minimum Gasteiger partial charge on any atom is -0.480 e. The van der Waals surface area contributed by atoms with Gasteiger partial charge in [-0.2, -0.15) is 0 Å². The molecule has 2 aromatic rings. The molecule has 2 atom stereocenters. The van der Waals surface area contributed by atoms with Gasteiger partial charge < -0.3 is 10.4 Å². The lowest BCUT2D eigenvalue weighted by atomic mass is 9.96. The van der Waals surface area contributed by atoms with Gasteiger partial charge in [0.2, 0.25) is 0 Å². The molecule has 21 heavy (non-hydrogen) atoms. The van der Waals surface area contributed by atoms with E-state index in [4.69, 9.17) is 0 Å². The summed E-state index contributed by atoms with van der Waals surface area (Å²) >= 11 is 1.54. The molecule has 2 rings (SSSR count). The molecule has 7 heteroatoms. The topological polar surface area (TPSA) is 79.5 Å². The van der Waals surface area contributed by atoms with Crippen LogP contribution < -0.4 is 5.32 Å². The second-order valence-electron chi connectivity index (χ2n) is 5.21. The maximum absolute atomic E-state index is 11.5. The zero-order valence-corrected chi connectivity index (χ0v) is 13.2. The van der Waals surface area contributed by atoms with Gasteiger partial charge in [0.05, 0.1) is 0 Å². The quantitative estimate of drug-likeness (QED) is 0.762. The predicted molar refractivity (Wildman–Crippen MR) is 82.6 cm³/mol. The van der Waals surface area contributed by atoms with E-state index in [1.165, 1.54) is 11.8 Å². The van der Waals surface area contributed by atoms with Gasteiger partial charge in [-0.05, 0) is 32.0 Å². The molecule has 0 radical (unpaired) electrons. The average Bonchev–Trinajstić information content (AvgIpc) is 2.82. The lowest BCUT2D eigenvalue weighted by Gasteiger charge is -2.28. The van der Waals surface area contributed by atoms with Crippen LogP contribution in [0.25, 0.3) is 5.65 Å². The van der Waals surface area contributed by atoms with Crippen molar-refractivity contribution in [3.8, 4) is 0 Å². The van der Waals surface area contributed by atoms with Crippen molar-refractivity contribution in [2.24, 2.45) is 0 Å². The van der Waals surface area contributed by atoms with E-state index in [1.54, 1.807) is 6.92 Å². The van der Waals surface area contributed by atoms with Crippen molar-refractivity contribution in [2.45, 2.75) is 43.1 Å². The summed E-state index contributed by atoms with van der Waals surface area (Å²) in [5.41, 5.74) is -0.137. The number of carboxylic acid groups (broad SMARTS) is 1. The molecule has 114 valence electrons. The van der Waals surface area contributed by atoms with Crippen molar-refractivity contribution in [1.29, 1.82) is 0 Å². The largest absolute Gasteiger partial charge is 0.480 e. The Balaban J connectivity index is 2.10. The predicted octanol–water partition coefficient (Wildman–Crippen LogP) is 2.05. The van der Waals surface area contributed by atoms with E-state index in [9.17, 15) is 9.90 Å². The number of pyridine rings is 1. The molecule has 2 aromatic heterocycles. The standard InChI is InChI=1S/C14H20N4O2S/c1-4-15-14(3,12(19)20)9-10(2)21-13-17-16-11-7-5-6-8-18(11)13/h5-8,10,15H,4,9H2,1-3H3,(H,19,20). The average molecular weight is 308 g/mol. The highest BCUT2D eigenvalue weighted by Gasteiger charge is 2.34. The number of hydrogen-bond donors (Lipinski definition) is 2. The summed E-state index contributed by atoms with van der Waals surface area (Å²) < 4.78 is 1.91. The van der Waals surface area contributed by atoms with Crippen LogP contribution in [-0.4, -0.2) is 43.0 Å². The number of aliphatic carboxylic acids is 1. The van der Waals surface area contributed by atoms with Gasteiger partial charge in [0, 0.05) is 11.4 Å². The number of likely N-dealkylation sites (N-methyl/N-ethyl adjacent to an activating group) is 1. The fraction of sp³-hybridized carbons (Fsp3) is 0.500. The molecular formula is C14H20N4O2S. The molecule has 0 spiro atoms. The molecule has 0 aliphatic rings. The smallest absolute Gasteiger partial charge is 0.323 e. The van der Waals surface area contributed by atoms with Gasteiger partial charge in [-0.3, -0.25) is 9.20 Å². The minimum atomic E-state index is -0.929. The van der Waals surface area contributed by atoms with Gasteiger partial charge in [0.15, 0.2) is 10.8 Å². The first-order chi connectivity index (χ1) is 9.96. The second kappa shape index (κ2) is 6.44. The van der Waals surface area contributed by atoms with Gasteiger partial charge >= 0.3 is 5.97 Å². The number of nitrogens with one attached hydrogen (secondary N) is 1. The number of thioether (sulfide) groups is 1. The van der Waals surface area contributed by atoms with Gasteiger partial charge in [-0.1, -0.05) is 31.7 Å². The van der Waals surface area contributed by atoms with Crippen LogP contribution in [0.5, 0.6) is 0 Å². The fourth-order valence-electron chi connectivity index (χ4n) is 2.32. The highest BCUT2D eigenvalue weighted by molar-refractivity contribution is 7.99. The van der Waals surface area contributed by atoms with Crippen LogP contribution in [-0.2, 0) is 4.79 Å². The highest BCUT2D eigenvalue weighted by Crippen LogP contribution is 2.28. The Morgan fingerprint density at radius 1 is 1.52 bits per heavy atom. The summed E-state index contributed by atoms with van der Waals surface area (Å²) in [6.45, 7) is 6.25. The molecule has 0 bridgehead atoms. The first kappa shape index (κ1) is 15.8. The Kier molecular flexibility index (Phi) is 4.84. The van der Waals surface area contributed by atoms with Crippen molar-refractivity contribution in [3.63, 3.8) is 0 Å². The van der Waals surface area contributed by atoms with E-state index in [1.807, 2.05) is 42.6 Å².